The molecule has 5 rings (SSSR count). The number of rotatable bonds is 4. The number of nitrogens with zero attached hydrogens (tertiary/aromatic N) is 2. The molecule has 1 saturated heterocycles. The van der Waals surface area contributed by atoms with Crippen LogP contribution in [0.3, 0.4) is 0 Å². The lowest BCUT2D eigenvalue weighted by Crippen LogP contribution is -2.46. The molecule has 6 heteroatoms. The van der Waals surface area contributed by atoms with Crippen molar-refractivity contribution in [2.45, 2.75) is 26.9 Å². The van der Waals surface area contributed by atoms with Crippen molar-refractivity contribution < 1.29 is 9.47 Å². The Balaban J connectivity index is 1.25. The lowest BCUT2D eigenvalue weighted by molar-refractivity contribution is 0.121. The van der Waals surface area contributed by atoms with Gasteiger partial charge in [0, 0.05) is 55.9 Å². The van der Waals surface area contributed by atoms with Gasteiger partial charge in [-0.25, -0.2) is 0 Å². The SMILES string of the molecule is Cc1[nH]c2c(C)cccc2c(=O)c1CN1CCN(Cc2ccc3c(c2)OCO3)CC1. The number of para-hydroxylation sites is 1. The van der Waals surface area contributed by atoms with Gasteiger partial charge in [-0.15, -0.1) is 0 Å². The molecule has 3 heterocycles. The van der Waals surface area contributed by atoms with E-state index in [2.05, 4.69) is 26.9 Å². The van der Waals surface area contributed by atoms with Crippen LogP contribution >= 0.6 is 0 Å². The van der Waals surface area contributed by atoms with E-state index in [1.165, 1.54) is 5.56 Å². The second kappa shape index (κ2) is 7.78. The first-order valence-electron chi connectivity index (χ1n) is 10.5. The zero-order chi connectivity index (χ0) is 20.7. The molecule has 2 aliphatic heterocycles. The summed E-state index contributed by atoms with van der Waals surface area (Å²) in [6.45, 7) is 9.84. The summed E-state index contributed by atoms with van der Waals surface area (Å²) in [5.41, 5.74) is 5.33. The van der Waals surface area contributed by atoms with E-state index < -0.39 is 0 Å². The van der Waals surface area contributed by atoms with Gasteiger partial charge in [-0.2, -0.15) is 0 Å². The number of aromatic amines is 1. The molecule has 0 saturated carbocycles. The molecule has 1 N–H and O–H groups in total. The Kier molecular flexibility index (Phi) is 4.97. The number of piperazine rings is 1. The van der Waals surface area contributed by atoms with Crippen LogP contribution in [0.5, 0.6) is 11.5 Å². The van der Waals surface area contributed by atoms with Gasteiger partial charge in [-0.05, 0) is 43.2 Å². The molecule has 3 aromatic rings. The van der Waals surface area contributed by atoms with E-state index in [1.807, 2.05) is 38.1 Å². The summed E-state index contributed by atoms with van der Waals surface area (Å²) in [4.78, 5) is 21.4. The smallest absolute Gasteiger partial charge is 0.231 e. The molecule has 0 bridgehead atoms. The zero-order valence-electron chi connectivity index (χ0n) is 17.5. The van der Waals surface area contributed by atoms with Crippen molar-refractivity contribution in [2.75, 3.05) is 33.0 Å². The average molecular weight is 405 g/mol. The maximum Gasteiger partial charge on any atom is 0.231 e. The molecule has 0 amide bonds. The number of aryl methyl sites for hydroxylation is 2. The molecule has 6 nitrogen and oxygen atoms in total. The highest BCUT2D eigenvalue weighted by Crippen LogP contribution is 2.32. The summed E-state index contributed by atoms with van der Waals surface area (Å²) in [7, 11) is 0. The molecule has 0 radical (unpaired) electrons. The predicted octanol–water partition coefficient (Wildman–Crippen LogP) is 3.19. The normalized spacial score (nSPS) is 17.0. The van der Waals surface area contributed by atoms with Crippen LogP contribution in [-0.2, 0) is 13.1 Å². The number of pyridine rings is 1. The Bertz CT molecular complexity index is 1150. The van der Waals surface area contributed by atoms with Crippen molar-refractivity contribution in [2.24, 2.45) is 0 Å². The molecule has 0 atom stereocenters. The summed E-state index contributed by atoms with van der Waals surface area (Å²) in [5.74, 6) is 1.67. The molecular formula is C24H27N3O3. The maximum atomic E-state index is 13.1. The Morgan fingerprint density at radius 2 is 1.67 bits per heavy atom. The third-order valence-electron chi connectivity index (χ3n) is 6.25. The van der Waals surface area contributed by atoms with Crippen molar-refractivity contribution in [1.82, 2.24) is 14.8 Å². The Morgan fingerprint density at radius 3 is 2.47 bits per heavy atom. The van der Waals surface area contributed by atoms with Crippen molar-refractivity contribution >= 4 is 10.9 Å². The predicted molar refractivity (Wildman–Crippen MR) is 117 cm³/mol. The highest BCUT2D eigenvalue weighted by molar-refractivity contribution is 5.82. The maximum absolute atomic E-state index is 13.1. The number of benzene rings is 2. The van der Waals surface area contributed by atoms with Crippen LogP contribution in [-0.4, -0.2) is 47.8 Å². The second-order valence-corrected chi connectivity index (χ2v) is 8.30. The Hall–Kier alpha value is -2.83. The van der Waals surface area contributed by atoms with Crippen LogP contribution in [0.25, 0.3) is 10.9 Å². The zero-order valence-corrected chi connectivity index (χ0v) is 17.5. The second-order valence-electron chi connectivity index (χ2n) is 8.30. The number of fused-ring (bicyclic) bond motifs is 2. The Morgan fingerprint density at radius 1 is 0.933 bits per heavy atom. The molecule has 156 valence electrons. The summed E-state index contributed by atoms with van der Waals surface area (Å²) < 4.78 is 10.9. The lowest BCUT2D eigenvalue weighted by atomic mass is 10.1. The van der Waals surface area contributed by atoms with Crippen molar-refractivity contribution in [3.63, 3.8) is 0 Å². The quantitative estimate of drug-likeness (QED) is 0.723. The van der Waals surface area contributed by atoms with Crippen LogP contribution in [0.2, 0.25) is 0 Å². The topological polar surface area (TPSA) is 57.8 Å². The molecule has 2 aliphatic rings. The third-order valence-corrected chi connectivity index (χ3v) is 6.25. The summed E-state index contributed by atoms with van der Waals surface area (Å²) in [6.07, 6.45) is 0. The van der Waals surface area contributed by atoms with Gasteiger partial charge in [0.05, 0.1) is 5.52 Å². The number of aromatic nitrogens is 1. The minimum absolute atomic E-state index is 0.160. The first-order valence-corrected chi connectivity index (χ1v) is 10.5. The fourth-order valence-corrected chi connectivity index (χ4v) is 4.44. The molecule has 2 aromatic carbocycles. The molecule has 0 spiro atoms. The Labute approximate surface area is 176 Å². The average Bonchev–Trinajstić information content (AvgIpc) is 3.21. The van der Waals surface area contributed by atoms with Gasteiger partial charge < -0.3 is 14.5 Å². The van der Waals surface area contributed by atoms with Gasteiger partial charge in [0.1, 0.15) is 0 Å². The van der Waals surface area contributed by atoms with Crippen LogP contribution in [0.15, 0.2) is 41.2 Å². The minimum atomic E-state index is 0.160. The van der Waals surface area contributed by atoms with Crippen molar-refractivity contribution in [3.8, 4) is 11.5 Å². The fraction of sp³-hybridized carbons (Fsp3) is 0.375. The first-order chi connectivity index (χ1) is 14.6. The molecule has 0 aliphatic carbocycles. The monoisotopic (exact) mass is 405 g/mol. The van der Waals surface area contributed by atoms with Crippen molar-refractivity contribution in [1.29, 1.82) is 0 Å². The largest absolute Gasteiger partial charge is 0.454 e. The third kappa shape index (κ3) is 3.57. The molecule has 1 fully saturated rings. The summed E-state index contributed by atoms with van der Waals surface area (Å²) >= 11 is 0. The van der Waals surface area contributed by atoms with E-state index >= 15 is 0 Å². The van der Waals surface area contributed by atoms with Crippen molar-refractivity contribution in [3.05, 3.63) is 69.0 Å². The fourth-order valence-electron chi connectivity index (χ4n) is 4.44. The first kappa shape index (κ1) is 19.2. The molecule has 1 aromatic heterocycles. The minimum Gasteiger partial charge on any atom is -0.454 e. The molecular weight excluding hydrogens is 378 g/mol. The van der Waals surface area contributed by atoms with E-state index in [9.17, 15) is 4.79 Å². The van der Waals surface area contributed by atoms with Gasteiger partial charge in [-0.1, -0.05) is 18.2 Å². The van der Waals surface area contributed by atoms with Crippen LogP contribution in [0.4, 0.5) is 0 Å². The number of nitrogens with one attached hydrogen (secondary N) is 1. The van der Waals surface area contributed by atoms with Gasteiger partial charge >= 0.3 is 0 Å². The molecule has 30 heavy (non-hydrogen) atoms. The summed E-state index contributed by atoms with van der Waals surface area (Å²) in [6, 6.07) is 12.1. The van der Waals surface area contributed by atoms with Gasteiger partial charge in [0.15, 0.2) is 16.9 Å². The van der Waals surface area contributed by atoms with E-state index in [0.717, 1.165) is 71.9 Å². The van der Waals surface area contributed by atoms with E-state index in [1.54, 1.807) is 0 Å². The van der Waals surface area contributed by atoms with Gasteiger partial charge in [-0.3, -0.25) is 14.6 Å². The van der Waals surface area contributed by atoms with Crippen LogP contribution in [0, 0.1) is 13.8 Å². The summed E-state index contributed by atoms with van der Waals surface area (Å²) in [5, 5.41) is 0.789. The van der Waals surface area contributed by atoms with Gasteiger partial charge in [0.2, 0.25) is 6.79 Å². The van der Waals surface area contributed by atoms with Crippen LogP contribution in [0.1, 0.15) is 22.4 Å². The van der Waals surface area contributed by atoms with E-state index in [-0.39, 0.29) is 5.43 Å². The highest BCUT2D eigenvalue weighted by Gasteiger charge is 2.21. The van der Waals surface area contributed by atoms with E-state index in [0.29, 0.717) is 13.3 Å². The lowest BCUT2D eigenvalue weighted by Gasteiger charge is -2.34. The van der Waals surface area contributed by atoms with E-state index in [4.69, 9.17) is 9.47 Å². The molecule has 0 unspecified atom stereocenters. The number of ether oxygens (including phenoxy) is 2. The number of hydrogen-bond acceptors (Lipinski definition) is 5. The number of hydrogen-bond donors (Lipinski definition) is 1. The van der Waals surface area contributed by atoms with Gasteiger partial charge in [0.25, 0.3) is 0 Å². The highest BCUT2D eigenvalue weighted by atomic mass is 16.7. The standard InChI is InChI=1S/C24H27N3O3/c1-16-4-3-5-19-23(16)25-17(2)20(24(19)28)14-27-10-8-26(9-11-27)13-18-6-7-21-22(12-18)30-15-29-21/h3-7,12H,8-11,13-15H2,1-2H3,(H,25,28). The van der Waals surface area contributed by atoms with Crippen LogP contribution < -0.4 is 14.9 Å². The number of H-pyrrole nitrogens is 1.